The Hall–Kier alpha value is -3.05. The molecule has 0 atom stereocenters. The molecule has 2 aromatic carbocycles. The highest BCUT2D eigenvalue weighted by atomic mass is 32.1. The lowest BCUT2D eigenvalue weighted by Gasteiger charge is -2.19. The fourth-order valence-electron chi connectivity index (χ4n) is 3.34. The number of fused-ring (bicyclic) bond motifs is 1. The quantitative estimate of drug-likeness (QED) is 0.415. The number of aryl methyl sites for hydroxylation is 2. The summed E-state index contributed by atoms with van der Waals surface area (Å²) in [5, 5.41) is 0.740. The number of thiazole rings is 1. The highest BCUT2D eigenvalue weighted by Gasteiger charge is 2.21. The van der Waals surface area contributed by atoms with Crippen molar-refractivity contribution in [1.82, 2.24) is 9.97 Å². The third-order valence-electron chi connectivity index (χ3n) is 4.92. The van der Waals surface area contributed by atoms with Crippen molar-refractivity contribution in [3.8, 4) is 0 Å². The van der Waals surface area contributed by atoms with E-state index in [1.165, 1.54) is 5.56 Å². The van der Waals surface area contributed by atoms with E-state index in [-0.39, 0.29) is 5.91 Å². The summed E-state index contributed by atoms with van der Waals surface area (Å²) in [7, 11) is 0. The van der Waals surface area contributed by atoms with Crippen LogP contribution in [0.4, 0.5) is 5.13 Å². The van der Waals surface area contributed by atoms with E-state index in [0.29, 0.717) is 19.4 Å². The molecule has 5 heteroatoms. The summed E-state index contributed by atoms with van der Waals surface area (Å²) in [5.41, 5.74) is 4.23. The van der Waals surface area contributed by atoms with Gasteiger partial charge in [-0.25, -0.2) is 4.98 Å². The maximum atomic E-state index is 13.2. The first-order valence-corrected chi connectivity index (χ1v) is 10.7. The van der Waals surface area contributed by atoms with Crippen molar-refractivity contribution in [2.24, 2.45) is 0 Å². The lowest BCUT2D eigenvalue weighted by atomic mass is 10.1. The van der Waals surface area contributed by atoms with Crippen molar-refractivity contribution in [2.75, 3.05) is 4.90 Å². The molecular formula is C24H23N3OS. The molecule has 4 rings (SSSR count). The van der Waals surface area contributed by atoms with Crippen LogP contribution in [-0.4, -0.2) is 15.9 Å². The summed E-state index contributed by atoms with van der Waals surface area (Å²) in [4.78, 5) is 24.3. The molecule has 0 N–H and O–H groups in total. The summed E-state index contributed by atoms with van der Waals surface area (Å²) in [6.07, 6.45) is 3.83. The van der Waals surface area contributed by atoms with Crippen LogP contribution in [0.3, 0.4) is 0 Å². The minimum absolute atomic E-state index is 0.0663. The lowest BCUT2D eigenvalue weighted by molar-refractivity contribution is -0.118. The van der Waals surface area contributed by atoms with E-state index >= 15 is 0 Å². The zero-order valence-electron chi connectivity index (χ0n) is 16.4. The number of carbonyl (C=O) groups excluding carboxylic acids is 1. The Morgan fingerprint density at radius 3 is 2.59 bits per heavy atom. The second-order valence-electron chi connectivity index (χ2n) is 6.90. The molecule has 0 aliphatic carbocycles. The molecule has 1 amide bonds. The second kappa shape index (κ2) is 8.97. The SMILES string of the molecule is CCc1cccc2sc(N(Cc3ccccn3)C(=O)CCc3ccccc3)nc12. The van der Waals surface area contributed by atoms with Crippen LogP contribution >= 0.6 is 11.3 Å². The third kappa shape index (κ3) is 4.51. The number of rotatable bonds is 7. The first-order valence-electron chi connectivity index (χ1n) is 9.87. The van der Waals surface area contributed by atoms with Crippen LogP contribution in [0.1, 0.15) is 30.2 Å². The first kappa shape index (κ1) is 19.3. The molecule has 0 saturated heterocycles. The zero-order chi connectivity index (χ0) is 20.1. The van der Waals surface area contributed by atoms with Crippen molar-refractivity contribution >= 4 is 32.6 Å². The molecule has 0 unspecified atom stereocenters. The Labute approximate surface area is 174 Å². The van der Waals surface area contributed by atoms with E-state index in [1.54, 1.807) is 22.4 Å². The first-order chi connectivity index (χ1) is 14.2. The molecule has 0 bridgehead atoms. The highest BCUT2D eigenvalue weighted by molar-refractivity contribution is 7.22. The third-order valence-corrected chi connectivity index (χ3v) is 5.96. The Morgan fingerprint density at radius 1 is 1.00 bits per heavy atom. The van der Waals surface area contributed by atoms with Crippen LogP contribution in [0.25, 0.3) is 10.2 Å². The second-order valence-corrected chi connectivity index (χ2v) is 7.91. The van der Waals surface area contributed by atoms with Crippen molar-refractivity contribution in [3.05, 3.63) is 89.7 Å². The lowest BCUT2D eigenvalue weighted by Crippen LogP contribution is -2.30. The van der Waals surface area contributed by atoms with E-state index < -0.39 is 0 Å². The normalized spacial score (nSPS) is 10.9. The molecule has 0 saturated carbocycles. The van der Waals surface area contributed by atoms with E-state index in [9.17, 15) is 4.79 Å². The minimum Gasteiger partial charge on any atom is -0.282 e. The Bertz CT molecular complexity index is 1090. The van der Waals surface area contributed by atoms with E-state index in [0.717, 1.165) is 33.0 Å². The zero-order valence-corrected chi connectivity index (χ0v) is 17.2. The maximum Gasteiger partial charge on any atom is 0.229 e. The van der Waals surface area contributed by atoms with Crippen molar-refractivity contribution < 1.29 is 4.79 Å². The van der Waals surface area contributed by atoms with E-state index in [1.807, 2.05) is 36.4 Å². The van der Waals surface area contributed by atoms with Gasteiger partial charge in [-0.05, 0) is 42.2 Å². The summed E-state index contributed by atoms with van der Waals surface area (Å²) < 4.78 is 1.11. The van der Waals surface area contributed by atoms with Gasteiger partial charge >= 0.3 is 0 Å². The minimum atomic E-state index is 0.0663. The molecule has 2 aromatic heterocycles. The van der Waals surface area contributed by atoms with Crippen LogP contribution in [0.15, 0.2) is 72.9 Å². The van der Waals surface area contributed by atoms with Gasteiger partial charge < -0.3 is 0 Å². The summed E-state index contributed by atoms with van der Waals surface area (Å²) in [6, 6.07) is 22.1. The molecule has 0 radical (unpaired) electrons. The molecule has 4 aromatic rings. The van der Waals surface area contributed by atoms with Gasteiger partial charge in [-0.3, -0.25) is 14.7 Å². The van der Waals surface area contributed by atoms with E-state index in [4.69, 9.17) is 4.98 Å². The number of hydrogen-bond donors (Lipinski definition) is 0. The van der Waals surface area contributed by atoms with Crippen molar-refractivity contribution in [2.45, 2.75) is 32.7 Å². The summed E-state index contributed by atoms with van der Waals surface area (Å²) in [5.74, 6) is 0.0663. The molecule has 0 spiro atoms. The van der Waals surface area contributed by atoms with Gasteiger partial charge in [-0.15, -0.1) is 0 Å². The van der Waals surface area contributed by atoms with Gasteiger partial charge in [0.25, 0.3) is 0 Å². The van der Waals surface area contributed by atoms with Crippen molar-refractivity contribution in [3.63, 3.8) is 0 Å². The van der Waals surface area contributed by atoms with Gasteiger partial charge in [0.05, 0.1) is 22.5 Å². The van der Waals surface area contributed by atoms with Crippen LogP contribution in [-0.2, 0) is 24.2 Å². The summed E-state index contributed by atoms with van der Waals surface area (Å²) in [6.45, 7) is 2.56. The number of pyridine rings is 1. The average molecular weight is 402 g/mol. The predicted octanol–water partition coefficient (Wildman–Crippen LogP) is 5.42. The number of para-hydroxylation sites is 1. The number of amides is 1. The average Bonchev–Trinajstić information content (AvgIpc) is 3.21. The fraction of sp³-hybridized carbons (Fsp3) is 0.208. The van der Waals surface area contributed by atoms with Crippen LogP contribution in [0, 0.1) is 0 Å². The Kier molecular flexibility index (Phi) is 5.96. The summed E-state index contributed by atoms with van der Waals surface area (Å²) >= 11 is 1.57. The number of anilines is 1. The molecule has 4 nitrogen and oxygen atoms in total. The van der Waals surface area contributed by atoms with Crippen LogP contribution < -0.4 is 4.90 Å². The Morgan fingerprint density at radius 2 is 1.83 bits per heavy atom. The van der Waals surface area contributed by atoms with Gasteiger partial charge in [0.15, 0.2) is 5.13 Å². The number of benzene rings is 2. The number of carbonyl (C=O) groups is 1. The molecule has 29 heavy (non-hydrogen) atoms. The standard InChI is InChI=1S/C24H23N3OS/c1-2-19-11-8-13-21-23(19)26-24(29-21)27(17-20-12-6-7-16-25-20)22(28)15-14-18-9-4-3-5-10-18/h3-13,16H,2,14-15,17H2,1H3. The number of hydrogen-bond acceptors (Lipinski definition) is 4. The van der Waals surface area contributed by atoms with Crippen LogP contribution in [0.5, 0.6) is 0 Å². The monoisotopic (exact) mass is 401 g/mol. The molecule has 0 aliphatic heterocycles. The molecule has 146 valence electrons. The van der Waals surface area contributed by atoms with Gasteiger partial charge in [-0.1, -0.05) is 66.8 Å². The van der Waals surface area contributed by atoms with Crippen LogP contribution in [0.2, 0.25) is 0 Å². The number of nitrogens with zero attached hydrogens (tertiary/aromatic N) is 3. The largest absolute Gasteiger partial charge is 0.282 e. The molecular weight excluding hydrogens is 378 g/mol. The molecule has 0 aliphatic rings. The maximum absolute atomic E-state index is 13.2. The highest BCUT2D eigenvalue weighted by Crippen LogP contribution is 2.32. The fourth-order valence-corrected chi connectivity index (χ4v) is 4.37. The Balaban J connectivity index is 1.63. The topological polar surface area (TPSA) is 46.1 Å². The van der Waals surface area contributed by atoms with Gasteiger partial charge in [-0.2, -0.15) is 0 Å². The van der Waals surface area contributed by atoms with E-state index in [2.05, 4.69) is 42.2 Å². The molecule has 0 fully saturated rings. The van der Waals surface area contributed by atoms with Gasteiger partial charge in [0, 0.05) is 12.6 Å². The predicted molar refractivity (Wildman–Crippen MR) is 119 cm³/mol. The smallest absolute Gasteiger partial charge is 0.229 e. The van der Waals surface area contributed by atoms with Gasteiger partial charge in [0.1, 0.15) is 0 Å². The molecule has 2 heterocycles. The van der Waals surface area contributed by atoms with Gasteiger partial charge in [0.2, 0.25) is 5.91 Å². The van der Waals surface area contributed by atoms with Crippen molar-refractivity contribution in [1.29, 1.82) is 0 Å². The number of aromatic nitrogens is 2.